The van der Waals surface area contributed by atoms with Gasteiger partial charge in [0.15, 0.2) is 0 Å². The Morgan fingerprint density at radius 2 is 1.64 bits per heavy atom. The molecule has 0 spiro atoms. The number of anilines is 2. The predicted molar refractivity (Wildman–Crippen MR) is 158 cm³/mol. The Morgan fingerprint density at radius 3 is 2.26 bits per heavy atom. The second-order valence-electron chi connectivity index (χ2n) is 9.84. The normalized spacial score (nSPS) is 12.2. The van der Waals surface area contributed by atoms with Crippen molar-refractivity contribution in [2.24, 2.45) is 14.1 Å². The first-order valence-electron chi connectivity index (χ1n) is 11.7. The fourth-order valence-corrected chi connectivity index (χ4v) is 6.06. The van der Waals surface area contributed by atoms with E-state index < -0.39 is 38.2 Å². The standard InChI is InChI=1S/C26H27FIN5O5S/c1-14-21-20(22(31(4)23(14)34)29-19-11-10-16(28)13-18(19)27)24(35)32(5)25(36)33(21)17-9-7-8-15(12-17)26(2,3)30-39(6,37)38/h7-13,29-30H,1-6H3. The summed E-state index contributed by atoms with van der Waals surface area (Å²) in [5.41, 5.74) is -1.82. The molecule has 2 aromatic carbocycles. The third-order valence-corrected chi connectivity index (χ3v) is 8.01. The topological polar surface area (TPSA) is 124 Å². The first-order valence-corrected chi connectivity index (χ1v) is 14.7. The summed E-state index contributed by atoms with van der Waals surface area (Å²) in [6, 6.07) is 11.1. The molecule has 0 unspecified atom stereocenters. The molecule has 2 aromatic heterocycles. The van der Waals surface area contributed by atoms with Crippen LogP contribution in [0.2, 0.25) is 0 Å². The molecule has 13 heteroatoms. The van der Waals surface area contributed by atoms with E-state index in [2.05, 4.69) is 10.0 Å². The van der Waals surface area contributed by atoms with Gasteiger partial charge in [0, 0.05) is 23.2 Å². The molecular formula is C26H27FIN5O5S. The van der Waals surface area contributed by atoms with Gasteiger partial charge in [-0.25, -0.2) is 22.3 Å². The van der Waals surface area contributed by atoms with Gasteiger partial charge in [-0.15, -0.1) is 0 Å². The highest BCUT2D eigenvalue weighted by Crippen LogP contribution is 2.28. The van der Waals surface area contributed by atoms with Gasteiger partial charge in [-0.1, -0.05) is 12.1 Å². The van der Waals surface area contributed by atoms with Crippen molar-refractivity contribution in [3.05, 3.63) is 94.2 Å². The summed E-state index contributed by atoms with van der Waals surface area (Å²) in [4.78, 5) is 40.4. The Kier molecular flexibility index (Phi) is 7.38. The minimum atomic E-state index is -3.57. The average Bonchev–Trinajstić information content (AvgIpc) is 2.84. The summed E-state index contributed by atoms with van der Waals surface area (Å²) in [6.07, 6.45) is 1.05. The summed E-state index contributed by atoms with van der Waals surface area (Å²) in [6.45, 7) is 4.86. The number of hydrogen-bond acceptors (Lipinski definition) is 6. The van der Waals surface area contributed by atoms with E-state index in [9.17, 15) is 27.2 Å². The van der Waals surface area contributed by atoms with Crippen LogP contribution in [-0.2, 0) is 29.7 Å². The number of halogens is 2. The monoisotopic (exact) mass is 667 g/mol. The highest BCUT2D eigenvalue weighted by Gasteiger charge is 2.27. The third kappa shape index (κ3) is 5.30. The average molecular weight is 668 g/mol. The SMILES string of the molecule is Cc1c(=O)n(C)c(Nc2ccc(I)cc2F)c2c(=O)n(C)c(=O)n(-c3cccc(C(C)(C)NS(C)(=O)=O)c3)c12. The quantitative estimate of drug-likeness (QED) is 0.305. The molecule has 2 heterocycles. The van der Waals surface area contributed by atoms with Gasteiger partial charge in [0.1, 0.15) is 17.0 Å². The highest BCUT2D eigenvalue weighted by molar-refractivity contribution is 14.1. The van der Waals surface area contributed by atoms with E-state index in [1.165, 1.54) is 42.3 Å². The van der Waals surface area contributed by atoms with E-state index in [-0.39, 0.29) is 28.0 Å². The molecule has 0 saturated heterocycles. The number of aryl methyl sites for hydroxylation is 1. The van der Waals surface area contributed by atoms with Crippen molar-refractivity contribution < 1.29 is 12.8 Å². The molecule has 0 aliphatic rings. The summed E-state index contributed by atoms with van der Waals surface area (Å²) < 4.78 is 45.3. The van der Waals surface area contributed by atoms with Crippen LogP contribution in [0, 0.1) is 16.3 Å². The van der Waals surface area contributed by atoms with Gasteiger partial charge < -0.3 is 5.32 Å². The molecule has 4 aromatic rings. The molecule has 0 fully saturated rings. The van der Waals surface area contributed by atoms with Crippen LogP contribution in [0.25, 0.3) is 16.6 Å². The van der Waals surface area contributed by atoms with Gasteiger partial charge in [0.05, 0.1) is 28.7 Å². The number of sulfonamides is 1. The minimum absolute atomic E-state index is 0.00794. The van der Waals surface area contributed by atoms with Crippen LogP contribution in [-0.4, -0.2) is 28.4 Å². The van der Waals surface area contributed by atoms with Crippen molar-refractivity contribution >= 4 is 55.0 Å². The number of aromatic nitrogens is 3. The number of fused-ring (bicyclic) bond motifs is 1. The van der Waals surface area contributed by atoms with Crippen LogP contribution in [0.15, 0.2) is 56.8 Å². The van der Waals surface area contributed by atoms with Gasteiger partial charge >= 0.3 is 5.69 Å². The van der Waals surface area contributed by atoms with E-state index in [0.29, 0.717) is 14.8 Å². The van der Waals surface area contributed by atoms with Crippen molar-refractivity contribution in [3.8, 4) is 5.69 Å². The Hall–Kier alpha value is -3.30. The summed E-state index contributed by atoms with van der Waals surface area (Å²) in [5.74, 6) is -0.563. The molecule has 4 rings (SSSR count). The first kappa shape index (κ1) is 28.7. The number of nitrogens with zero attached hydrogens (tertiary/aromatic N) is 3. The smallest absolute Gasteiger partial charge is 0.335 e. The van der Waals surface area contributed by atoms with Gasteiger partial charge in [-0.2, -0.15) is 0 Å². The summed E-state index contributed by atoms with van der Waals surface area (Å²) >= 11 is 1.97. The number of nitrogens with one attached hydrogen (secondary N) is 2. The summed E-state index contributed by atoms with van der Waals surface area (Å²) in [7, 11) is -0.799. The fraction of sp³-hybridized carbons (Fsp3) is 0.269. The first-order chi connectivity index (χ1) is 18.0. The van der Waals surface area contributed by atoms with Crippen LogP contribution in [0.4, 0.5) is 15.9 Å². The maximum absolute atomic E-state index is 14.8. The Labute approximate surface area is 237 Å². The Morgan fingerprint density at radius 1 is 0.974 bits per heavy atom. The van der Waals surface area contributed by atoms with Gasteiger partial charge in [-0.3, -0.25) is 23.3 Å². The molecule has 10 nitrogen and oxygen atoms in total. The van der Waals surface area contributed by atoms with Gasteiger partial charge in [0.2, 0.25) is 10.0 Å². The predicted octanol–water partition coefficient (Wildman–Crippen LogP) is 2.97. The minimum Gasteiger partial charge on any atom is -0.338 e. The molecule has 0 radical (unpaired) electrons. The molecule has 0 bridgehead atoms. The molecule has 0 amide bonds. The maximum atomic E-state index is 14.8. The molecule has 0 atom stereocenters. The van der Waals surface area contributed by atoms with Crippen LogP contribution < -0.4 is 26.8 Å². The molecule has 0 aliphatic heterocycles. The zero-order chi connectivity index (χ0) is 29.0. The maximum Gasteiger partial charge on any atom is 0.335 e. The highest BCUT2D eigenvalue weighted by atomic mass is 127. The van der Waals surface area contributed by atoms with Crippen molar-refractivity contribution in [1.29, 1.82) is 0 Å². The zero-order valence-corrected chi connectivity index (χ0v) is 25.1. The Bertz CT molecular complexity index is 1940. The van der Waals surface area contributed by atoms with Gasteiger partial charge in [0.25, 0.3) is 11.1 Å². The van der Waals surface area contributed by atoms with E-state index in [1.54, 1.807) is 44.2 Å². The van der Waals surface area contributed by atoms with Gasteiger partial charge in [-0.05, 0) is 79.3 Å². The molecule has 0 saturated carbocycles. The zero-order valence-electron chi connectivity index (χ0n) is 22.1. The van der Waals surface area contributed by atoms with Crippen molar-refractivity contribution in [3.63, 3.8) is 0 Å². The third-order valence-electron chi connectivity index (χ3n) is 6.46. The van der Waals surface area contributed by atoms with E-state index >= 15 is 0 Å². The van der Waals surface area contributed by atoms with Crippen molar-refractivity contribution in [2.75, 3.05) is 11.6 Å². The molecule has 39 heavy (non-hydrogen) atoms. The van der Waals surface area contributed by atoms with Crippen LogP contribution >= 0.6 is 22.6 Å². The van der Waals surface area contributed by atoms with E-state index in [4.69, 9.17) is 0 Å². The molecular weight excluding hydrogens is 640 g/mol. The van der Waals surface area contributed by atoms with Crippen molar-refractivity contribution in [2.45, 2.75) is 26.3 Å². The number of benzene rings is 2. The molecule has 2 N–H and O–H groups in total. The number of rotatable bonds is 6. The lowest BCUT2D eigenvalue weighted by molar-refractivity contribution is 0.474. The van der Waals surface area contributed by atoms with E-state index in [1.807, 2.05) is 22.6 Å². The molecule has 206 valence electrons. The lowest BCUT2D eigenvalue weighted by atomic mass is 9.95. The number of hydrogen-bond donors (Lipinski definition) is 2. The second-order valence-corrected chi connectivity index (χ2v) is 12.8. The van der Waals surface area contributed by atoms with Crippen molar-refractivity contribution in [1.82, 2.24) is 18.4 Å². The Balaban J connectivity index is 2.10. The number of pyridine rings is 1. The van der Waals surface area contributed by atoms with Crippen LogP contribution in [0.1, 0.15) is 25.0 Å². The largest absolute Gasteiger partial charge is 0.338 e. The summed E-state index contributed by atoms with van der Waals surface area (Å²) in [5, 5.41) is 2.89. The lowest BCUT2D eigenvalue weighted by Crippen LogP contribution is -2.41. The van der Waals surface area contributed by atoms with Crippen LogP contribution in [0.5, 0.6) is 0 Å². The second kappa shape index (κ2) is 10.0. The molecule has 0 aliphatic carbocycles. The fourth-order valence-electron chi connectivity index (χ4n) is 4.56. The van der Waals surface area contributed by atoms with Crippen LogP contribution in [0.3, 0.4) is 0 Å². The lowest BCUT2D eigenvalue weighted by Gasteiger charge is -2.26. The van der Waals surface area contributed by atoms with E-state index in [0.717, 1.165) is 10.8 Å².